The number of rotatable bonds is 0. The molecule has 1 saturated heterocycles. The lowest BCUT2D eigenvalue weighted by molar-refractivity contribution is 0.0538. The van der Waals surface area contributed by atoms with Crippen LogP contribution in [0.2, 0.25) is 0 Å². The molecule has 2 atom stereocenters. The van der Waals surface area contributed by atoms with Gasteiger partial charge in [0.05, 0.1) is 0 Å². The Bertz CT molecular complexity index is 148. The maximum Gasteiger partial charge on any atom is 0.0127 e. The number of piperidine rings is 1. The highest BCUT2D eigenvalue weighted by atomic mass is 15.2. The Kier molecular flexibility index (Phi) is 2.79. The molecule has 2 heteroatoms. The van der Waals surface area contributed by atoms with E-state index in [0.29, 0.717) is 17.6 Å². The van der Waals surface area contributed by atoms with E-state index in [2.05, 4.69) is 32.6 Å². The fourth-order valence-corrected chi connectivity index (χ4v) is 2.21. The molecule has 0 aromatic rings. The first-order valence-electron chi connectivity index (χ1n) is 4.93. The monoisotopic (exact) mass is 170 g/mol. The minimum Gasteiger partial charge on any atom is -0.328 e. The van der Waals surface area contributed by atoms with E-state index in [1.165, 1.54) is 0 Å². The van der Waals surface area contributed by atoms with Crippen molar-refractivity contribution in [2.24, 2.45) is 5.73 Å². The third-order valence-electron chi connectivity index (χ3n) is 2.78. The topological polar surface area (TPSA) is 29.3 Å². The molecule has 0 spiro atoms. The van der Waals surface area contributed by atoms with Crippen molar-refractivity contribution in [3.63, 3.8) is 0 Å². The number of hydrogen-bond donors (Lipinski definition) is 1. The largest absolute Gasteiger partial charge is 0.328 e. The molecule has 72 valence electrons. The first kappa shape index (κ1) is 10.0. The summed E-state index contributed by atoms with van der Waals surface area (Å²) in [6, 6.07) is 1.08. The quantitative estimate of drug-likeness (QED) is 0.598. The molecule has 12 heavy (non-hydrogen) atoms. The van der Waals surface area contributed by atoms with Gasteiger partial charge in [0.25, 0.3) is 0 Å². The summed E-state index contributed by atoms with van der Waals surface area (Å²) in [6.07, 6.45) is 2.30. The van der Waals surface area contributed by atoms with Gasteiger partial charge in [-0.3, -0.25) is 4.90 Å². The first-order valence-corrected chi connectivity index (χ1v) is 4.93. The number of nitrogens with two attached hydrogens (primary N) is 1. The first-order chi connectivity index (χ1) is 5.41. The van der Waals surface area contributed by atoms with Crippen molar-refractivity contribution in [3.8, 4) is 0 Å². The standard InChI is InChI=1S/C10H22N2/c1-8-7-9(11)5-6-12(8)10(2,3)4/h8-9H,5-7,11H2,1-4H3/t8-,9-/m0/s1. The van der Waals surface area contributed by atoms with Crippen LogP contribution in [-0.2, 0) is 0 Å². The van der Waals surface area contributed by atoms with Gasteiger partial charge >= 0.3 is 0 Å². The van der Waals surface area contributed by atoms with Crippen LogP contribution in [0.25, 0.3) is 0 Å². The third-order valence-corrected chi connectivity index (χ3v) is 2.78. The molecule has 1 aliphatic heterocycles. The molecule has 0 radical (unpaired) electrons. The van der Waals surface area contributed by atoms with E-state index < -0.39 is 0 Å². The van der Waals surface area contributed by atoms with Crippen LogP contribution in [0.1, 0.15) is 40.5 Å². The molecule has 2 nitrogen and oxygen atoms in total. The Morgan fingerprint density at radius 1 is 1.33 bits per heavy atom. The van der Waals surface area contributed by atoms with Crippen LogP contribution < -0.4 is 5.73 Å². The van der Waals surface area contributed by atoms with Gasteiger partial charge in [-0.1, -0.05) is 0 Å². The second-order valence-electron chi connectivity index (χ2n) is 5.00. The summed E-state index contributed by atoms with van der Waals surface area (Å²) in [6.45, 7) is 10.3. The van der Waals surface area contributed by atoms with E-state index in [-0.39, 0.29) is 0 Å². The molecule has 1 aliphatic rings. The zero-order valence-electron chi connectivity index (χ0n) is 8.80. The predicted octanol–water partition coefficient (Wildman–Crippen LogP) is 1.60. The average molecular weight is 170 g/mol. The lowest BCUT2D eigenvalue weighted by Gasteiger charge is -2.44. The highest BCUT2D eigenvalue weighted by Gasteiger charge is 2.30. The van der Waals surface area contributed by atoms with Crippen LogP contribution >= 0.6 is 0 Å². The van der Waals surface area contributed by atoms with E-state index >= 15 is 0 Å². The van der Waals surface area contributed by atoms with Gasteiger partial charge in [-0.25, -0.2) is 0 Å². The Labute approximate surface area is 76.1 Å². The second-order valence-corrected chi connectivity index (χ2v) is 5.00. The van der Waals surface area contributed by atoms with Crippen LogP contribution in [0.5, 0.6) is 0 Å². The summed E-state index contributed by atoms with van der Waals surface area (Å²) in [5.41, 5.74) is 6.21. The van der Waals surface area contributed by atoms with Gasteiger partial charge in [0.15, 0.2) is 0 Å². The van der Waals surface area contributed by atoms with Gasteiger partial charge < -0.3 is 5.73 Å². The molecule has 0 saturated carbocycles. The highest BCUT2D eigenvalue weighted by Crippen LogP contribution is 2.24. The van der Waals surface area contributed by atoms with Crippen LogP contribution in [0.3, 0.4) is 0 Å². The minimum absolute atomic E-state index is 0.305. The zero-order valence-corrected chi connectivity index (χ0v) is 8.80. The third kappa shape index (κ3) is 2.20. The van der Waals surface area contributed by atoms with E-state index in [4.69, 9.17) is 5.73 Å². The smallest absolute Gasteiger partial charge is 0.0127 e. The molecule has 0 unspecified atom stereocenters. The Morgan fingerprint density at radius 2 is 1.92 bits per heavy atom. The predicted molar refractivity (Wildman–Crippen MR) is 53.1 cm³/mol. The average Bonchev–Trinajstić information content (AvgIpc) is 1.83. The lowest BCUT2D eigenvalue weighted by atomic mass is 9.93. The molecule has 1 heterocycles. The van der Waals surface area contributed by atoms with E-state index in [0.717, 1.165) is 19.4 Å². The van der Waals surface area contributed by atoms with Gasteiger partial charge in [-0.2, -0.15) is 0 Å². The van der Waals surface area contributed by atoms with Crippen molar-refractivity contribution in [2.45, 2.75) is 58.2 Å². The number of likely N-dealkylation sites (tertiary alicyclic amines) is 1. The van der Waals surface area contributed by atoms with E-state index in [1.807, 2.05) is 0 Å². The zero-order chi connectivity index (χ0) is 9.35. The van der Waals surface area contributed by atoms with Crippen molar-refractivity contribution in [3.05, 3.63) is 0 Å². The van der Waals surface area contributed by atoms with Crippen molar-refractivity contribution >= 4 is 0 Å². The van der Waals surface area contributed by atoms with Crippen LogP contribution in [0.15, 0.2) is 0 Å². The molecular weight excluding hydrogens is 148 g/mol. The van der Waals surface area contributed by atoms with Gasteiger partial charge in [0.2, 0.25) is 0 Å². The van der Waals surface area contributed by atoms with Crippen molar-refractivity contribution < 1.29 is 0 Å². The molecule has 1 rings (SSSR count). The molecular formula is C10H22N2. The number of hydrogen-bond acceptors (Lipinski definition) is 2. The fourth-order valence-electron chi connectivity index (χ4n) is 2.21. The lowest BCUT2D eigenvalue weighted by Crippen LogP contribution is -2.53. The van der Waals surface area contributed by atoms with Crippen LogP contribution in [0.4, 0.5) is 0 Å². The minimum atomic E-state index is 0.305. The fraction of sp³-hybridized carbons (Fsp3) is 1.00. The van der Waals surface area contributed by atoms with Gasteiger partial charge in [0.1, 0.15) is 0 Å². The molecule has 0 aliphatic carbocycles. The molecule has 0 amide bonds. The summed E-state index contributed by atoms with van der Waals surface area (Å²) in [5.74, 6) is 0. The normalized spacial score (nSPS) is 33.8. The summed E-state index contributed by atoms with van der Waals surface area (Å²) >= 11 is 0. The molecule has 1 fully saturated rings. The molecule has 0 aromatic carbocycles. The SMILES string of the molecule is C[C@H]1C[C@@H](N)CCN1C(C)(C)C. The summed E-state index contributed by atoms with van der Waals surface area (Å²) in [4.78, 5) is 2.55. The van der Waals surface area contributed by atoms with Crippen molar-refractivity contribution in [1.29, 1.82) is 0 Å². The van der Waals surface area contributed by atoms with Crippen LogP contribution in [0, 0.1) is 0 Å². The summed E-state index contributed by atoms with van der Waals surface area (Å²) in [5, 5.41) is 0. The van der Waals surface area contributed by atoms with Gasteiger partial charge in [0, 0.05) is 24.2 Å². The van der Waals surface area contributed by atoms with E-state index in [1.54, 1.807) is 0 Å². The van der Waals surface area contributed by atoms with Gasteiger partial charge in [-0.05, 0) is 40.5 Å². The Hall–Kier alpha value is -0.0800. The highest BCUT2D eigenvalue weighted by molar-refractivity contribution is 4.87. The van der Waals surface area contributed by atoms with Crippen LogP contribution in [-0.4, -0.2) is 29.1 Å². The molecule has 0 aromatic heterocycles. The van der Waals surface area contributed by atoms with Gasteiger partial charge in [-0.15, -0.1) is 0 Å². The Morgan fingerprint density at radius 3 is 2.33 bits per heavy atom. The van der Waals surface area contributed by atoms with Crippen molar-refractivity contribution in [1.82, 2.24) is 4.90 Å². The Balaban J connectivity index is 2.57. The maximum absolute atomic E-state index is 5.90. The van der Waals surface area contributed by atoms with E-state index in [9.17, 15) is 0 Å². The summed E-state index contributed by atoms with van der Waals surface area (Å²) < 4.78 is 0. The van der Waals surface area contributed by atoms with Crippen molar-refractivity contribution in [2.75, 3.05) is 6.54 Å². The molecule has 0 bridgehead atoms. The summed E-state index contributed by atoms with van der Waals surface area (Å²) in [7, 11) is 0. The molecule has 2 N–H and O–H groups in total. The maximum atomic E-state index is 5.90. The second kappa shape index (κ2) is 3.35. The number of nitrogens with zero attached hydrogens (tertiary/aromatic N) is 1.